The molecule has 162 valence electrons. The highest BCUT2D eigenvalue weighted by Crippen LogP contribution is 2.39. The van der Waals surface area contributed by atoms with Crippen molar-refractivity contribution in [3.05, 3.63) is 0 Å². The molecule has 3 heteroatoms. The lowest BCUT2D eigenvalue weighted by atomic mass is 10.1. The van der Waals surface area contributed by atoms with Gasteiger partial charge < -0.3 is 0 Å². The van der Waals surface area contributed by atoms with Crippen LogP contribution in [0, 0.1) is 0 Å². The van der Waals surface area contributed by atoms with Crippen molar-refractivity contribution in [2.24, 2.45) is 0 Å². The summed E-state index contributed by atoms with van der Waals surface area (Å²) in [7, 11) is 0. The summed E-state index contributed by atoms with van der Waals surface area (Å²) in [6.07, 6.45) is 27.5. The van der Waals surface area contributed by atoms with Gasteiger partial charge in [0.2, 0.25) is 0 Å². The molecule has 0 aromatic heterocycles. The predicted octanol–water partition coefficient (Wildman–Crippen LogP) is 9.42. The van der Waals surface area contributed by atoms with E-state index in [4.69, 9.17) is 0 Å². The molecule has 1 saturated heterocycles. The molecule has 0 aromatic carbocycles. The minimum atomic E-state index is 0.855. The lowest BCUT2D eigenvalue weighted by Crippen LogP contribution is -2.12. The van der Waals surface area contributed by atoms with Crippen LogP contribution in [0.4, 0.5) is 0 Å². The summed E-state index contributed by atoms with van der Waals surface area (Å²) in [4.78, 5) is 0. The van der Waals surface area contributed by atoms with Gasteiger partial charge in [-0.05, 0) is 12.8 Å². The van der Waals surface area contributed by atoms with E-state index >= 15 is 0 Å². The van der Waals surface area contributed by atoms with Crippen LogP contribution in [0.2, 0.25) is 0 Å². The first-order valence-electron chi connectivity index (χ1n) is 12.4. The van der Waals surface area contributed by atoms with Gasteiger partial charge in [0.1, 0.15) is 0 Å². The predicted molar refractivity (Wildman–Crippen MR) is 130 cm³/mol. The first kappa shape index (κ1) is 25.7. The summed E-state index contributed by atoms with van der Waals surface area (Å²) in [5.74, 6) is 1.27. The maximum Gasteiger partial charge on any atom is 0.0663 e. The van der Waals surface area contributed by atoms with Crippen molar-refractivity contribution < 1.29 is 0 Å². The maximum absolute atomic E-state index is 2.64. The van der Waals surface area contributed by atoms with E-state index in [1.165, 1.54) is 134 Å². The van der Waals surface area contributed by atoms with Gasteiger partial charge in [0, 0.05) is 6.54 Å². The van der Waals surface area contributed by atoms with Gasteiger partial charge in [-0.1, -0.05) is 135 Å². The Morgan fingerprint density at radius 1 is 0.593 bits per heavy atom. The van der Waals surface area contributed by atoms with Crippen LogP contribution in [0.25, 0.3) is 0 Å². The molecule has 1 unspecified atom stereocenters. The van der Waals surface area contributed by atoms with E-state index in [0.717, 1.165) is 4.58 Å². The van der Waals surface area contributed by atoms with Crippen molar-refractivity contribution in [1.29, 1.82) is 0 Å². The second-order valence-corrected chi connectivity index (χ2v) is 11.2. The summed E-state index contributed by atoms with van der Waals surface area (Å²) in [5.41, 5.74) is 0. The molecule has 1 fully saturated rings. The summed E-state index contributed by atoms with van der Waals surface area (Å²) in [6.45, 7) is 5.92. The molecule has 1 rings (SSSR count). The standard InChI is InChI=1S/C24H49NS2/c1-3-5-7-9-11-13-15-17-19-21-24-26-23-25(27-24)22-20-18-16-14-12-10-8-6-4-2/h24H,3-23H2,1-2H3. The van der Waals surface area contributed by atoms with Gasteiger partial charge in [-0.3, -0.25) is 0 Å². The average Bonchev–Trinajstić information content (AvgIpc) is 3.13. The Kier molecular flexibility index (Phi) is 19.0. The summed E-state index contributed by atoms with van der Waals surface area (Å²) in [6, 6.07) is 0. The van der Waals surface area contributed by atoms with Crippen LogP contribution in [0.5, 0.6) is 0 Å². The molecule has 0 radical (unpaired) electrons. The van der Waals surface area contributed by atoms with E-state index in [2.05, 4.69) is 41.9 Å². The highest BCUT2D eigenvalue weighted by atomic mass is 32.2. The molecule has 0 aromatic rings. The molecule has 0 saturated carbocycles. The molecule has 1 heterocycles. The Bertz CT molecular complexity index is 270. The van der Waals surface area contributed by atoms with E-state index < -0.39 is 0 Å². The number of hydrogen-bond donors (Lipinski definition) is 0. The number of hydrogen-bond acceptors (Lipinski definition) is 3. The van der Waals surface area contributed by atoms with Gasteiger partial charge in [-0.15, -0.1) is 11.8 Å². The largest absolute Gasteiger partial charge is 0.240 e. The van der Waals surface area contributed by atoms with Gasteiger partial charge in [0.25, 0.3) is 0 Å². The lowest BCUT2D eigenvalue weighted by Gasteiger charge is -2.13. The monoisotopic (exact) mass is 415 g/mol. The number of thioether (sulfide) groups is 1. The highest BCUT2D eigenvalue weighted by molar-refractivity contribution is 8.18. The van der Waals surface area contributed by atoms with E-state index in [0.29, 0.717) is 0 Å². The van der Waals surface area contributed by atoms with E-state index in [-0.39, 0.29) is 0 Å². The lowest BCUT2D eigenvalue weighted by molar-refractivity contribution is 0.495. The second kappa shape index (κ2) is 20.0. The molecule has 0 spiro atoms. The van der Waals surface area contributed by atoms with Crippen LogP contribution in [-0.2, 0) is 0 Å². The third-order valence-corrected chi connectivity index (χ3v) is 8.70. The molecular weight excluding hydrogens is 366 g/mol. The second-order valence-electron chi connectivity index (χ2n) is 8.48. The fourth-order valence-corrected chi connectivity index (χ4v) is 6.72. The fourth-order valence-electron chi connectivity index (χ4n) is 3.87. The van der Waals surface area contributed by atoms with Crippen molar-refractivity contribution in [2.45, 2.75) is 140 Å². The third kappa shape index (κ3) is 16.2. The Morgan fingerprint density at radius 2 is 1.04 bits per heavy atom. The van der Waals surface area contributed by atoms with E-state index in [1.807, 2.05) is 0 Å². The van der Waals surface area contributed by atoms with Crippen LogP contribution in [0.15, 0.2) is 0 Å². The van der Waals surface area contributed by atoms with Crippen molar-refractivity contribution in [2.75, 3.05) is 12.4 Å². The molecule has 0 N–H and O–H groups in total. The van der Waals surface area contributed by atoms with Crippen molar-refractivity contribution in [3.63, 3.8) is 0 Å². The Balaban J connectivity index is 1.81. The van der Waals surface area contributed by atoms with Gasteiger partial charge in [0.15, 0.2) is 0 Å². The van der Waals surface area contributed by atoms with Gasteiger partial charge in [-0.25, -0.2) is 4.31 Å². The molecule has 1 nitrogen and oxygen atoms in total. The molecule has 27 heavy (non-hydrogen) atoms. The topological polar surface area (TPSA) is 3.24 Å². The maximum atomic E-state index is 2.64. The zero-order chi connectivity index (χ0) is 19.4. The van der Waals surface area contributed by atoms with Crippen molar-refractivity contribution in [1.82, 2.24) is 4.31 Å². The molecule has 0 aliphatic carbocycles. The molecule has 0 bridgehead atoms. The minimum absolute atomic E-state index is 0.855. The van der Waals surface area contributed by atoms with Crippen LogP contribution >= 0.6 is 23.7 Å². The number of rotatable bonds is 20. The average molecular weight is 416 g/mol. The molecule has 0 amide bonds. The van der Waals surface area contributed by atoms with Crippen molar-refractivity contribution >= 4 is 23.7 Å². The first-order chi connectivity index (χ1) is 13.4. The summed E-state index contributed by atoms with van der Waals surface area (Å²) >= 11 is 4.36. The molecule has 1 aliphatic rings. The van der Waals surface area contributed by atoms with E-state index in [9.17, 15) is 0 Å². The van der Waals surface area contributed by atoms with Crippen LogP contribution < -0.4 is 0 Å². The zero-order valence-corrected chi connectivity index (χ0v) is 20.3. The fraction of sp³-hybridized carbons (Fsp3) is 1.00. The number of unbranched alkanes of at least 4 members (excludes halogenated alkanes) is 16. The SMILES string of the molecule is CCCCCCCCCCCC1SCN(CCCCCCCCCCC)S1. The Morgan fingerprint density at radius 3 is 1.56 bits per heavy atom. The minimum Gasteiger partial charge on any atom is -0.240 e. The van der Waals surface area contributed by atoms with Crippen LogP contribution in [0.1, 0.15) is 136 Å². The molecule has 1 atom stereocenters. The van der Waals surface area contributed by atoms with Crippen LogP contribution in [0.3, 0.4) is 0 Å². The zero-order valence-electron chi connectivity index (χ0n) is 18.7. The molecular formula is C24H49NS2. The molecule has 1 aliphatic heterocycles. The highest BCUT2D eigenvalue weighted by Gasteiger charge is 2.22. The third-order valence-electron chi connectivity index (χ3n) is 5.73. The normalized spacial score (nSPS) is 17.8. The van der Waals surface area contributed by atoms with E-state index in [1.54, 1.807) is 0 Å². The van der Waals surface area contributed by atoms with Crippen LogP contribution in [-0.4, -0.2) is 21.3 Å². The Hall–Kier alpha value is 0.660. The summed E-state index contributed by atoms with van der Waals surface area (Å²) < 4.78 is 3.50. The van der Waals surface area contributed by atoms with Gasteiger partial charge >= 0.3 is 0 Å². The quantitative estimate of drug-likeness (QED) is 0.144. The smallest absolute Gasteiger partial charge is 0.0663 e. The Labute approximate surface area is 180 Å². The number of nitrogens with zero attached hydrogens (tertiary/aromatic N) is 1. The van der Waals surface area contributed by atoms with Gasteiger partial charge in [-0.2, -0.15) is 0 Å². The summed E-state index contributed by atoms with van der Waals surface area (Å²) in [5, 5.41) is 0. The van der Waals surface area contributed by atoms with Gasteiger partial charge in [0.05, 0.1) is 10.5 Å². The first-order valence-corrected chi connectivity index (χ1v) is 14.3. The van der Waals surface area contributed by atoms with Crippen molar-refractivity contribution in [3.8, 4) is 0 Å².